The maximum atomic E-state index is 13.0. The molecule has 2 aromatic rings. The third-order valence-electron chi connectivity index (χ3n) is 5.21. The van der Waals surface area contributed by atoms with Gasteiger partial charge in [-0.15, -0.1) is 0 Å². The molecule has 2 heterocycles. The fourth-order valence-electron chi connectivity index (χ4n) is 3.45. The lowest BCUT2D eigenvalue weighted by atomic mass is 9.95. The van der Waals surface area contributed by atoms with E-state index >= 15 is 0 Å². The highest BCUT2D eigenvalue weighted by molar-refractivity contribution is 7.89. The Morgan fingerprint density at radius 1 is 1.30 bits per heavy atom. The van der Waals surface area contributed by atoms with Gasteiger partial charge in [0.2, 0.25) is 21.8 Å². The number of carbonyl (C=O) groups is 1. The van der Waals surface area contributed by atoms with Crippen molar-refractivity contribution in [1.29, 1.82) is 0 Å². The molecule has 3 rings (SSSR count). The first kappa shape index (κ1) is 22.0. The maximum Gasteiger partial charge on any atom is 0.244 e. The highest BCUT2D eigenvalue weighted by Crippen LogP contribution is 2.24. The predicted octanol–water partition coefficient (Wildman–Crippen LogP) is 2.40. The molecule has 7 nitrogen and oxygen atoms in total. The minimum atomic E-state index is -3.65. The number of pyridine rings is 1. The number of piperidine rings is 1. The maximum absolute atomic E-state index is 13.0. The zero-order valence-electron chi connectivity index (χ0n) is 17.0. The molecule has 1 amide bonds. The molecule has 30 heavy (non-hydrogen) atoms. The Labute approximate surface area is 177 Å². The van der Waals surface area contributed by atoms with Gasteiger partial charge in [0.1, 0.15) is 4.90 Å². The standard InChI is InChI=1S/C22H27N3O4S/c1-3-21(26)24-20-11-13-25(16-17(20)2)30(27,28)19-9-10-22(23-15-19)29-14-12-18-7-5-4-6-8-18/h3-10,15,17,20H,1,11-14,16H2,2H3,(H,24,26). The minimum absolute atomic E-state index is 0.00835. The van der Waals surface area contributed by atoms with Crippen molar-refractivity contribution in [1.82, 2.24) is 14.6 Å². The van der Waals surface area contributed by atoms with E-state index in [0.29, 0.717) is 32.0 Å². The summed E-state index contributed by atoms with van der Waals surface area (Å²) < 4.78 is 33.0. The van der Waals surface area contributed by atoms with E-state index in [-0.39, 0.29) is 22.8 Å². The van der Waals surface area contributed by atoms with Crippen LogP contribution in [0.2, 0.25) is 0 Å². The molecule has 0 bridgehead atoms. The van der Waals surface area contributed by atoms with Gasteiger partial charge in [0, 0.05) is 31.6 Å². The van der Waals surface area contributed by atoms with Crippen LogP contribution in [0.5, 0.6) is 5.88 Å². The first-order chi connectivity index (χ1) is 14.4. The summed E-state index contributed by atoms with van der Waals surface area (Å²) in [5, 5.41) is 2.86. The van der Waals surface area contributed by atoms with Crippen molar-refractivity contribution in [3.63, 3.8) is 0 Å². The van der Waals surface area contributed by atoms with Gasteiger partial charge in [-0.3, -0.25) is 4.79 Å². The first-order valence-corrected chi connectivity index (χ1v) is 11.4. The molecular formula is C22H27N3O4S. The molecule has 0 saturated carbocycles. The third-order valence-corrected chi connectivity index (χ3v) is 7.06. The zero-order valence-corrected chi connectivity index (χ0v) is 17.8. The van der Waals surface area contributed by atoms with Crippen LogP contribution in [-0.2, 0) is 21.2 Å². The van der Waals surface area contributed by atoms with E-state index in [1.807, 2.05) is 37.3 Å². The monoisotopic (exact) mass is 429 g/mol. The number of carbonyl (C=O) groups excluding carboxylic acids is 1. The quantitative estimate of drug-likeness (QED) is 0.651. The number of amides is 1. The number of hydrogen-bond donors (Lipinski definition) is 1. The number of benzene rings is 1. The van der Waals surface area contributed by atoms with Crippen LogP contribution in [-0.4, -0.2) is 49.4 Å². The van der Waals surface area contributed by atoms with Crippen LogP contribution in [0.25, 0.3) is 0 Å². The predicted molar refractivity (Wildman–Crippen MR) is 115 cm³/mol. The summed E-state index contributed by atoms with van der Waals surface area (Å²) in [6, 6.07) is 13.0. The molecule has 1 fully saturated rings. The number of aromatic nitrogens is 1. The molecule has 1 N–H and O–H groups in total. The van der Waals surface area contributed by atoms with Crippen LogP contribution in [0.3, 0.4) is 0 Å². The van der Waals surface area contributed by atoms with Crippen molar-refractivity contribution in [2.75, 3.05) is 19.7 Å². The summed E-state index contributed by atoms with van der Waals surface area (Å²) in [6.07, 6.45) is 3.86. The van der Waals surface area contributed by atoms with Gasteiger partial charge in [-0.2, -0.15) is 4.31 Å². The van der Waals surface area contributed by atoms with Gasteiger partial charge < -0.3 is 10.1 Å². The van der Waals surface area contributed by atoms with E-state index in [0.717, 1.165) is 6.42 Å². The van der Waals surface area contributed by atoms with Crippen molar-refractivity contribution in [2.24, 2.45) is 5.92 Å². The Morgan fingerprint density at radius 2 is 2.07 bits per heavy atom. The Hall–Kier alpha value is -2.71. The van der Waals surface area contributed by atoms with Gasteiger partial charge in [0.25, 0.3) is 0 Å². The van der Waals surface area contributed by atoms with Crippen LogP contribution >= 0.6 is 0 Å². The van der Waals surface area contributed by atoms with Crippen molar-refractivity contribution >= 4 is 15.9 Å². The molecule has 8 heteroatoms. The fraction of sp³-hybridized carbons (Fsp3) is 0.364. The second kappa shape index (κ2) is 9.86. The lowest BCUT2D eigenvalue weighted by Gasteiger charge is -2.36. The number of hydrogen-bond acceptors (Lipinski definition) is 5. The average Bonchev–Trinajstić information content (AvgIpc) is 2.76. The molecule has 160 valence electrons. The van der Waals surface area contributed by atoms with Crippen LogP contribution < -0.4 is 10.1 Å². The van der Waals surface area contributed by atoms with Crippen LogP contribution in [0.15, 0.2) is 66.2 Å². The Bertz CT molecular complexity index is 962. The molecule has 0 spiro atoms. The second-order valence-corrected chi connectivity index (χ2v) is 9.30. The van der Waals surface area contributed by atoms with E-state index in [2.05, 4.69) is 16.9 Å². The molecule has 1 aromatic heterocycles. The minimum Gasteiger partial charge on any atom is -0.477 e. The lowest BCUT2D eigenvalue weighted by molar-refractivity contribution is -0.117. The summed E-state index contributed by atoms with van der Waals surface area (Å²) in [5.41, 5.74) is 1.17. The molecule has 1 aromatic carbocycles. The molecule has 1 aliphatic heterocycles. The number of sulfonamides is 1. The SMILES string of the molecule is C=CC(=O)NC1CCN(S(=O)(=O)c2ccc(OCCc3ccccc3)nc2)CC1C. The number of nitrogens with zero attached hydrogens (tertiary/aromatic N) is 2. The summed E-state index contributed by atoms with van der Waals surface area (Å²) in [7, 11) is -3.65. The summed E-state index contributed by atoms with van der Waals surface area (Å²) in [6.45, 7) is 6.51. The molecule has 2 unspecified atom stereocenters. The van der Waals surface area contributed by atoms with Gasteiger partial charge in [-0.1, -0.05) is 43.8 Å². The van der Waals surface area contributed by atoms with E-state index < -0.39 is 10.0 Å². The van der Waals surface area contributed by atoms with Crippen molar-refractivity contribution in [3.05, 3.63) is 66.9 Å². The van der Waals surface area contributed by atoms with E-state index in [4.69, 9.17) is 4.74 Å². The summed E-state index contributed by atoms with van der Waals surface area (Å²) in [4.78, 5) is 15.8. The van der Waals surface area contributed by atoms with Gasteiger partial charge in [-0.05, 0) is 30.0 Å². The molecular weight excluding hydrogens is 402 g/mol. The highest BCUT2D eigenvalue weighted by atomic mass is 32.2. The largest absolute Gasteiger partial charge is 0.477 e. The Morgan fingerprint density at radius 3 is 2.70 bits per heavy atom. The van der Waals surface area contributed by atoms with Gasteiger partial charge >= 0.3 is 0 Å². The molecule has 0 aliphatic carbocycles. The molecule has 0 radical (unpaired) electrons. The lowest BCUT2D eigenvalue weighted by Crippen LogP contribution is -2.51. The van der Waals surface area contributed by atoms with Crippen molar-refractivity contribution in [3.8, 4) is 5.88 Å². The summed E-state index contributed by atoms with van der Waals surface area (Å²) in [5.74, 6) is 0.144. The van der Waals surface area contributed by atoms with E-state index in [1.54, 1.807) is 6.07 Å². The third kappa shape index (κ3) is 5.46. The Kier molecular flexibility index (Phi) is 7.23. The number of rotatable bonds is 8. The average molecular weight is 430 g/mol. The zero-order chi connectivity index (χ0) is 21.6. The number of ether oxygens (including phenoxy) is 1. The molecule has 1 aliphatic rings. The molecule has 1 saturated heterocycles. The van der Waals surface area contributed by atoms with Crippen molar-refractivity contribution < 1.29 is 17.9 Å². The van der Waals surface area contributed by atoms with Gasteiger partial charge in [-0.25, -0.2) is 13.4 Å². The van der Waals surface area contributed by atoms with Crippen molar-refractivity contribution in [2.45, 2.75) is 30.7 Å². The molecule has 2 atom stereocenters. The van der Waals surface area contributed by atoms with E-state index in [9.17, 15) is 13.2 Å². The second-order valence-electron chi connectivity index (χ2n) is 7.36. The Balaban J connectivity index is 1.57. The van der Waals surface area contributed by atoms with E-state index in [1.165, 1.54) is 28.2 Å². The highest BCUT2D eigenvalue weighted by Gasteiger charge is 2.34. The van der Waals surface area contributed by atoms with Crippen LogP contribution in [0.4, 0.5) is 0 Å². The van der Waals surface area contributed by atoms with Crippen LogP contribution in [0, 0.1) is 5.92 Å². The first-order valence-electron chi connectivity index (χ1n) is 9.96. The number of nitrogens with one attached hydrogen (secondary N) is 1. The normalized spacial score (nSPS) is 19.8. The fourth-order valence-corrected chi connectivity index (χ4v) is 4.95. The summed E-state index contributed by atoms with van der Waals surface area (Å²) >= 11 is 0. The smallest absolute Gasteiger partial charge is 0.244 e. The van der Waals surface area contributed by atoms with Crippen LogP contribution in [0.1, 0.15) is 18.9 Å². The topological polar surface area (TPSA) is 88.6 Å². The van der Waals surface area contributed by atoms with Gasteiger partial charge in [0.15, 0.2) is 0 Å². The van der Waals surface area contributed by atoms with Gasteiger partial charge in [0.05, 0.1) is 12.8 Å².